The molecule has 1 heterocycles. The van der Waals surface area contributed by atoms with Gasteiger partial charge < -0.3 is 15.0 Å². The summed E-state index contributed by atoms with van der Waals surface area (Å²) in [5.41, 5.74) is 5.39. The lowest BCUT2D eigenvalue weighted by Gasteiger charge is -2.37. The second-order valence-electron chi connectivity index (χ2n) is 5.37. The lowest BCUT2D eigenvalue weighted by molar-refractivity contribution is -0.0891. The number of nitrogens with two attached hydrogens (primary N) is 1. The number of aromatic nitrogens is 2. The van der Waals surface area contributed by atoms with Crippen molar-refractivity contribution < 1.29 is 9.26 Å². The highest BCUT2D eigenvalue weighted by Gasteiger charge is 2.41. The first-order chi connectivity index (χ1) is 8.57. The molecule has 1 saturated carbocycles. The van der Waals surface area contributed by atoms with Gasteiger partial charge in [-0.3, -0.25) is 0 Å². The molecular weight excluding hydrogens is 230 g/mol. The molecule has 0 amide bonds. The van der Waals surface area contributed by atoms with Crippen LogP contribution in [0.5, 0.6) is 0 Å². The summed E-state index contributed by atoms with van der Waals surface area (Å²) in [7, 11) is 0. The van der Waals surface area contributed by atoms with Crippen molar-refractivity contribution in [2.45, 2.75) is 58.1 Å². The fraction of sp³-hybridized carbons (Fsp3) is 0.846. The van der Waals surface area contributed by atoms with Crippen molar-refractivity contribution in [3.63, 3.8) is 0 Å². The van der Waals surface area contributed by atoms with Crippen LogP contribution >= 0.6 is 0 Å². The maximum absolute atomic E-state index is 5.99. The highest BCUT2D eigenvalue weighted by Crippen LogP contribution is 2.41. The highest BCUT2D eigenvalue weighted by atomic mass is 16.5. The van der Waals surface area contributed by atoms with Crippen molar-refractivity contribution in [2.24, 2.45) is 11.7 Å². The van der Waals surface area contributed by atoms with Crippen LogP contribution in [0.25, 0.3) is 0 Å². The Bertz CT molecular complexity index is 387. The summed E-state index contributed by atoms with van der Waals surface area (Å²) in [4.78, 5) is 4.43. The third kappa shape index (κ3) is 2.57. The molecule has 18 heavy (non-hydrogen) atoms. The van der Waals surface area contributed by atoms with E-state index in [4.69, 9.17) is 15.0 Å². The smallest absolute Gasteiger partial charge is 0.243 e. The molecule has 2 rings (SSSR count). The van der Waals surface area contributed by atoms with Crippen molar-refractivity contribution in [3.05, 3.63) is 11.7 Å². The van der Waals surface area contributed by atoms with Crippen molar-refractivity contribution in [2.75, 3.05) is 6.61 Å². The first-order valence-corrected chi connectivity index (χ1v) is 6.81. The normalized spacial score (nSPS) is 30.3. The Morgan fingerprint density at radius 1 is 1.61 bits per heavy atom. The van der Waals surface area contributed by atoms with Crippen LogP contribution in [0.2, 0.25) is 0 Å². The standard InChI is InChI=1S/C13H23N3O2/c1-4-17-13(7-5-6-9(2)8-13)12-15-11(10(3)14)18-16-12/h9-10H,4-8,14H2,1-3H3. The minimum absolute atomic E-state index is 0.231. The van der Waals surface area contributed by atoms with Crippen LogP contribution in [-0.4, -0.2) is 16.7 Å². The SMILES string of the molecule is CCOC1(c2noc(C(C)N)n2)CCCC(C)C1. The molecule has 3 unspecified atom stereocenters. The molecule has 0 spiro atoms. The maximum atomic E-state index is 5.99. The highest BCUT2D eigenvalue weighted by molar-refractivity contribution is 5.05. The van der Waals surface area contributed by atoms with E-state index in [1.807, 2.05) is 13.8 Å². The van der Waals surface area contributed by atoms with Gasteiger partial charge in [-0.15, -0.1) is 0 Å². The molecule has 102 valence electrons. The summed E-state index contributed by atoms with van der Waals surface area (Å²) in [5, 5.41) is 4.10. The van der Waals surface area contributed by atoms with E-state index in [9.17, 15) is 0 Å². The van der Waals surface area contributed by atoms with Gasteiger partial charge in [-0.2, -0.15) is 4.98 Å². The topological polar surface area (TPSA) is 74.2 Å². The molecule has 3 atom stereocenters. The van der Waals surface area contributed by atoms with Crippen molar-refractivity contribution in [1.82, 2.24) is 10.1 Å². The molecule has 0 radical (unpaired) electrons. The Morgan fingerprint density at radius 2 is 2.39 bits per heavy atom. The molecule has 1 aliphatic carbocycles. The number of hydrogen-bond donors (Lipinski definition) is 1. The molecule has 1 aromatic heterocycles. The zero-order valence-electron chi connectivity index (χ0n) is 11.5. The van der Waals surface area contributed by atoms with Crippen LogP contribution in [0.15, 0.2) is 4.52 Å². The zero-order valence-corrected chi connectivity index (χ0v) is 11.5. The molecule has 0 aliphatic heterocycles. The summed E-state index contributed by atoms with van der Waals surface area (Å²) in [6, 6.07) is -0.231. The van der Waals surface area contributed by atoms with Crippen LogP contribution in [-0.2, 0) is 10.3 Å². The van der Waals surface area contributed by atoms with Gasteiger partial charge in [-0.05, 0) is 39.0 Å². The van der Waals surface area contributed by atoms with Crippen LogP contribution < -0.4 is 5.73 Å². The lowest BCUT2D eigenvalue weighted by Crippen LogP contribution is -2.36. The molecule has 0 saturated heterocycles. The first-order valence-electron chi connectivity index (χ1n) is 6.81. The van der Waals surface area contributed by atoms with E-state index >= 15 is 0 Å². The summed E-state index contributed by atoms with van der Waals surface area (Å²) in [6.07, 6.45) is 4.30. The third-order valence-corrected chi connectivity index (χ3v) is 3.62. The van der Waals surface area contributed by atoms with E-state index in [1.165, 1.54) is 6.42 Å². The summed E-state index contributed by atoms with van der Waals surface area (Å²) in [6.45, 7) is 6.76. The van der Waals surface area contributed by atoms with Gasteiger partial charge in [-0.1, -0.05) is 18.5 Å². The molecule has 5 nitrogen and oxygen atoms in total. The van der Waals surface area contributed by atoms with Crippen molar-refractivity contribution in [3.8, 4) is 0 Å². The quantitative estimate of drug-likeness (QED) is 0.892. The maximum Gasteiger partial charge on any atom is 0.243 e. The van der Waals surface area contributed by atoms with E-state index in [-0.39, 0.29) is 11.6 Å². The fourth-order valence-corrected chi connectivity index (χ4v) is 2.78. The third-order valence-electron chi connectivity index (χ3n) is 3.62. The second-order valence-corrected chi connectivity index (χ2v) is 5.37. The van der Waals surface area contributed by atoms with Crippen LogP contribution in [0, 0.1) is 5.92 Å². The van der Waals surface area contributed by atoms with E-state index in [1.54, 1.807) is 0 Å². The van der Waals surface area contributed by atoms with Gasteiger partial charge in [-0.25, -0.2) is 0 Å². The summed E-state index contributed by atoms with van der Waals surface area (Å²) < 4.78 is 11.2. The fourth-order valence-electron chi connectivity index (χ4n) is 2.78. The number of rotatable bonds is 4. The number of nitrogens with zero attached hydrogens (tertiary/aromatic N) is 2. The van der Waals surface area contributed by atoms with Crippen molar-refractivity contribution >= 4 is 0 Å². The van der Waals surface area contributed by atoms with Crippen LogP contribution in [0.1, 0.15) is 64.2 Å². The van der Waals surface area contributed by atoms with E-state index < -0.39 is 0 Å². The number of ether oxygens (including phenoxy) is 1. The second kappa shape index (κ2) is 5.36. The Balaban J connectivity index is 2.27. The monoisotopic (exact) mass is 253 g/mol. The first kappa shape index (κ1) is 13.5. The van der Waals surface area contributed by atoms with Crippen LogP contribution in [0.4, 0.5) is 0 Å². The van der Waals surface area contributed by atoms with Gasteiger partial charge in [0.1, 0.15) is 5.60 Å². The van der Waals surface area contributed by atoms with Crippen LogP contribution in [0.3, 0.4) is 0 Å². The molecule has 2 N–H and O–H groups in total. The average Bonchev–Trinajstić information content (AvgIpc) is 2.79. The van der Waals surface area contributed by atoms with Gasteiger partial charge in [0.15, 0.2) is 0 Å². The Hall–Kier alpha value is -0.940. The molecular formula is C13H23N3O2. The van der Waals surface area contributed by atoms with E-state index in [0.717, 1.165) is 19.3 Å². The Morgan fingerprint density at radius 3 is 2.94 bits per heavy atom. The van der Waals surface area contributed by atoms with Gasteiger partial charge in [0.25, 0.3) is 0 Å². The Labute approximate surface area is 108 Å². The summed E-state index contributed by atoms with van der Waals surface area (Å²) >= 11 is 0. The largest absolute Gasteiger partial charge is 0.367 e. The molecule has 1 aromatic rings. The summed E-state index contributed by atoms with van der Waals surface area (Å²) in [5.74, 6) is 1.79. The van der Waals surface area contributed by atoms with E-state index in [2.05, 4.69) is 17.1 Å². The lowest BCUT2D eigenvalue weighted by atomic mass is 9.78. The minimum atomic E-state index is -0.372. The van der Waals surface area contributed by atoms with Gasteiger partial charge in [0, 0.05) is 6.61 Å². The van der Waals surface area contributed by atoms with Gasteiger partial charge in [0.05, 0.1) is 6.04 Å². The van der Waals surface area contributed by atoms with Crippen molar-refractivity contribution in [1.29, 1.82) is 0 Å². The predicted molar refractivity (Wildman–Crippen MR) is 67.8 cm³/mol. The molecule has 1 aliphatic rings. The minimum Gasteiger partial charge on any atom is -0.367 e. The predicted octanol–water partition coefficient (Wildman–Crippen LogP) is 2.53. The van der Waals surface area contributed by atoms with Gasteiger partial charge in [0.2, 0.25) is 11.7 Å². The van der Waals surface area contributed by atoms with E-state index in [0.29, 0.717) is 24.2 Å². The molecule has 5 heteroatoms. The molecule has 1 fully saturated rings. The van der Waals surface area contributed by atoms with Gasteiger partial charge >= 0.3 is 0 Å². The molecule has 0 aromatic carbocycles. The Kier molecular flexibility index (Phi) is 4.02. The molecule has 0 bridgehead atoms. The number of hydrogen-bond acceptors (Lipinski definition) is 5. The average molecular weight is 253 g/mol. The zero-order chi connectivity index (χ0) is 13.2.